The highest BCUT2D eigenvalue weighted by atomic mass is 15.2. The summed E-state index contributed by atoms with van der Waals surface area (Å²) in [6.07, 6.45) is 5.66. The van der Waals surface area contributed by atoms with Crippen LogP contribution in [0.3, 0.4) is 0 Å². The third-order valence-corrected chi connectivity index (χ3v) is 5.37. The summed E-state index contributed by atoms with van der Waals surface area (Å²) < 4.78 is 0. The summed E-state index contributed by atoms with van der Waals surface area (Å²) in [5.74, 6) is 1.92. The molecule has 0 aromatic carbocycles. The maximum Gasteiger partial charge on any atom is 0.0224 e. The highest BCUT2D eigenvalue weighted by molar-refractivity contribution is 4.91. The van der Waals surface area contributed by atoms with Crippen LogP contribution in [-0.2, 0) is 0 Å². The van der Waals surface area contributed by atoms with Crippen LogP contribution in [0.2, 0.25) is 0 Å². The fourth-order valence-corrected chi connectivity index (χ4v) is 3.89. The normalized spacial score (nSPS) is 38.2. The Morgan fingerprint density at radius 3 is 2.33 bits per heavy atom. The van der Waals surface area contributed by atoms with Gasteiger partial charge in [-0.05, 0) is 63.7 Å². The summed E-state index contributed by atoms with van der Waals surface area (Å²) in [5, 5.41) is 3.83. The summed E-state index contributed by atoms with van der Waals surface area (Å²) >= 11 is 0. The summed E-state index contributed by atoms with van der Waals surface area (Å²) in [6.45, 7) is 11.5. The van der Waals surface area contributed by atoms with Crippen LogP contribution in [0.1, 0.15) is 32.6 Å². The van der Waals surface area contributed by atoms with Crippen LogP contribution in [0.5, 0.6) is 0 Å². The van der Waals surface area contributed by atoms with E-state index < -0.39 is 0 Å². The summed E-state index contributed by atoms with van der Waals surface area (Å²) in [6, 6.07) is 0.788. The molecule has 4 rings (SSSR count). The zero-order valence-electron chi connectivity index (χ0n) is 11.9. The first kappa shape index (κ1) is 12.9. The van der Waals surface area contributed by atoms with Crippen LogP contribution >= 0.6 is 0 Å². The van der Waals surface area contributed by atoms with E-state index in [-0.39, 0.29) is 0 Å². The van der Waals surface area contributed by atoms with Gasteiger partial charge in [-0.15, -0.1) is 0 Å². The topological polar surface area (TPSA) is 18.5 Å². The lowest BCUT2D eigenvalue weighted by Crippen LogP contribution is -2.56. The van der Waals surface area contributed by atoms with E-state index in [1.54, 1.807) is 0 Å². The minimum Gasteiger partial charge on any atom is -0.311 e. The van der Waals surface area contributed by atoms with Crippen molar-refractivity contribution < 1.29 is 0 Å². The Bertz CT molecular complexity index is 252. The van der Waals surface area contributed by atoms with Crippen molar-refractivity contribution in [3.63, 3.8) is 0 Å². The van der Waals surface area contributed by atoms with Crippen LogP contribution in [0.15, 0.2) is 0 Å². The number of hydrogen-bond donors (Lipinski definition) is 1. The Morgan fingerprint density at radius 1 is 1.00 bits per heavy atom. The number of fused-ring (bicyclic) bond motifs is 3. The second-order valence-corrected chi connectivity index (χ2v) is 6.72. The lowest BCUT2D eigenvalue weighted by molar-refractivity contribution is 0.0705. The van der Waals surface area contributed by atoms with E-state index in [0.29, 0.717) is 0 Å². The van der Waals surface area contributed by atoms with Gasteiger partial charge in [-0.3, -0.25) is 0 Å². The summed E-state index contributed by atoms with van der Waals surface area (Å²) in [4.78, 5) is 5.29. The van der Waals surface area contributed by atoms with Crippen molar-refractivity contribution in [2.24, 2.45) is 11.8 Å². The van der Waals surface area contributed by atoms with Gasteiger partial charge in [-0.25, -0.2) is 0 Å². The lowest BCUT2D eigenvalue weighted by Gasteiger charge is -2.45. The maximum absolute atomic E-state index is 3.83. The van der Waals surface area contributed by atoms with E-state index in [1.807, 2.05) is 0 Å². The quantitative estimate of drug-likeness (QED) is 0.815. The predicted octanol–water partition coefficient (Wildman–Crippen LogP) is 1.40. The van der Waals surface area contributed by atoms with Gasteiger partial charge in [-0.1, -0.05) is 6.92 Å². The van der Waals surface area contributed by atoms with Crippen LogP contribution in [0, 0.1) is 11.8 Å². The fourth-order valence-electron chi connectivity index (χ4n) is 3.89. The minimum absolute atomic E-state index is 0.788. The second-order valence-electron chi connectivity index (χ2n) is 6.72. The molecule has 4 saturated heterocycles. The molecule has 0 amide bonds. The third kappa shape index (κ3) is 3.06. The number of nitrogens with zero attached hydrogens (tertiary/aromatic N) is 2. The number of piperidine rings is 4. The van der Waals surface area contributed by atoms with Gasteiger partial charge in [0.1, 0.15) is 0 Å². The van der Waals surface area contributed by atoms with Gasteiger partial charge >= 0.3 is 0 Å². The Labute approximate surface area is 112 Å². The molecule has 3 heteroatoms. The maximum atomic E-state index is 3.83. The molecular formula is C15H29N3. The molecule has 1 N–H and O–H groups in total. The average molecular weight is 251 g/mol. The van der Waals surface area contributed by atoms with Gasteiger partial charge in [0, 0.05) is 25.7 Å². The molecule has 0 aromatic heterocycles. The van der Waals surface area contributed by atoms with E-state index in [0.717, 1.165) is 17.9 Å². The molecule has 4 aliphatic heterocycles. The Balaban J connectivity index is 1.35. The zero-order chi connectivity index (χ0) is 12.4. The molecule has 3 nitrogen and oxygen atoms in total. The average Bonchev–Trinajstić information content (AvgIpc) is 2.42. The summed E-state index contributed by atoms with van der Waals surface area (Å²) in [7, 11) is 0. The van der Waals surface area contributed by atoms with Crippen molar-refractivity contribution in [2.75, 3.05) is 45.8 Å². The molecule has 4 heterocycles. The number of nitrogens with one attached hydrogen (secondary N) is 1. The number of rotatable bonds is 4. The molecular weight excluding hydrogens is 222 g/mol. The smallest absolute Gasteiger partial charge is 0.0224 e. The Kier molecular flexibility index (Phi) is 4.22. The first-order valence-electron chi connectivity index (χ1n) is 7.99. The van der Waals surface area contributed by atoms with Gasteiger partial charge in [0.15, 0.2) is 0 Å². The molecule has 1 unspecified atom stereocenters. The van der Waals surface area contributed by atoms with E-state index in [1.165, 1.54) is 71.5 Å². The van der Waals surface area contributed by atoms with Gasteiger partial charge in [0.2, 0.25) is 0 Å². The predicted molar refractivity (Wildman–Crippen MR) is 75.8 cm³/mol. The Hall–Kier alpha value is -0.120. The van der Waals surface area contributed by atoms with E-state index >= 15 is 0 Å². The number of hydrogen-bond acceptors (Lipinski definition) is 3. The van der Waals surface area contributed by atoms with Crippen molar-refractivity contribution >= 4 is 0 Å². The highest BCUT2D eigenvalue weighted by Crippen LogP contribution is 2.27. The first-order valence-corrected chi connectivity index (χ1v) is 7.99. The third-order valence-electron chi connectivity index (χ3n) is 5.37. The van der Waals surface area contributed by atoms with E-state index in [4.69, 9.17) is 0 Å². The molecule has 104 valence electrons. The van der Waals surface area contributed by atoms with Crippen molar-refractivity contribution in [3.05, 3.63) is 0 Å². The number of likely N-dealkylation sites (tertiary alicyclic amines) is 1. The standard InChI is InChI=1S/C15H29N3/c1-13-2-7-17(8-3-13)11-6-16-15-12-18-9-4-14(15)5-10-18/h13-16H,2-12H2,1H3. The molecule has 0 aliphatic carbocycles. The van der Waals surface area contributed by atoms with Crippen LogP contribution in [0.4, 0.5) is 0 Å². The van der Waals surface area contributed by atoms with Crippen LogP contribution in [-0.4, -0.2) is 61.7 Å². The van der Waals surface area contributed by atoms with Gasteiger partial charge in [-0.2, -0.15) is 0 Å². The molecule has 0 aromatic rings. The zero-order valence-corrected chi connectivity index (χ0v) is 11.9. The SMILES string of the molecule is CC1CCN(CCNC2CN3CCC2CC3)CC1. The van der Waals surface area contributed by atoms with E-state index in [2.05, 4.69) is 22.0 Å². The van der Waals surface area contributed by atoms with Crippen molar-refractivity contribution in [3.8, 4) is 0 Å². The largest absolute Gasteiger partial charge is 0.311 e. The molecule has 1 atom stereocenters. The molecule has 0 radical (unpaired) electrons. The van der Waals surface area contributed by atoms with Crippen LogP contribution < -0.4 is 5.32 Å². The first-order chi connectivity index (χ1) is 8.81. The summed E-state index contributed by atoms with van der Waals surface area (Å²) in [5.41, 5.74) is 0. The van der Waals surface area contributed by atoms with Crippen molar-refractivity contribution in [2.45, 2.75) is 38.6 Å². The Morgan fingerprint density at radius 2 is 1.72 bits per heavy atom. The van der Waals surface area contributed by atoms with Crippen molar-refractivity contribution in [1.29, 1.82) is 0 Å². The monoisotopic (exact) mass is 251 g/mol. The second kappa shape index (κ2) is 5.89. The van der Waals surface area contributed by atoms with Crippen molar-refractivity contribution in [1.82, 2.24) is 15.1 Å². The lowest BCUT2D eigenvalue weighted by atomic mass is 9.84. The molecule has 0 saturated carbocycles. The van der Waals surface area contributed by atoms with Gasteiger partial charge in [0.25, 0.3) is 0 Å². The van der Waals surface area contributed by atoms with Gasteiger partial charge < -0.3 is 15.1 Å². The van der Waals surface area contributed by atoms with Crippen LogP contribution in [0.25, 0.3) is 0 Å². The molecule has 4 aliphatic rings. The minimum atomic E-state index is 0.788. The highest BCUT2D eigenvalue weighted by Gasteiger charge is 2.33. The molecule has 2 bridgehead atoms. The van der Waals surface area contributed by atoms with Gasteiger partial charge in [0.05, 0.1) is 0 Å². The fraction of sp³-hybridized carbons (Fsp3) is 1.00. The molecule has 4 fully saturated rings. The molecule has 18 heavy (non-hydrogen) atoms. The molecule has 0 spiro atoms. The van der Waals surface area contributed by atoms with E-state index in [9.17, 15) is 0 Å².